The average molecular weight is 334 g/mol. The summed E-state index contributed by atoms with van der Waals surface area (Å²) in [5.41, 5.74) is 0.0216. The summed E-state index contributed by atoms with van der Waals surface area (Å²) in [6.45, 7) is 5.19. The van der Waals surface area contributed by atoms with Gasteiger partial charge in [-0.05, 0) is 25.5 Å². The quantitative estimate of drug-likeness (QED) is 0.854. The lowest BCUT2D eigenvalue weighted by molar-refractivity contribution is -0.122. The third kappa shape index (κ3) is 5.19. The third-order valence-corrected chi connectivity index (χ3v) is 3.74. The number of benzene rings is 1. The Hall–Kier alpha value is -1.24. The number of carbonyl (C=O) groups excluding carboxylic acids is 1. The molecule has 1 heterocycles. The van der Waals surface area contributed by atoms with Crippen LogP contribution in [0.25, 0.3) is 0 Å². The highest BCUT2D eigenvalue weighted by Crippen LogP contribution is 2.12. The zero-order chi connectivity index (χ0) is 15.2. The van der Waals surface area contributed by atoms with E-state index < -0.39 is 11.6 Å². The maximum Gasteiger partial charge on any atom is 0.234 e. The molecule has 4 nitrogen and oxygen atoms in total. The Bertz CT molecular complexity index is 481. The van der Waals surface area contributed by atoms with Crippen LogP contribution in [-0.2, 0) is 11.2 Å². The van der Waals surface area contributed by atoms with Crippen LogP contribution < -0.4 is 10.6 Å². The molecule has 1 saturated heterocycles. The van der Waals surface area contributed by atoms with E-state index in [1.165, 1.54) is 18.2 Å². The predicted molar refractivity (Wildman–Crippen MR) is 84.2 cm³/mol. The van der Waals surface area contributed by atoms with E-state index in [4.69, 9.17) is 0 Å². The molecule has 0 aromatic heterocycles. The van der Waals surface area contributed by atoms with Crippen molar-refractivity contribution >= 4 is 18.3 Å². The topological polar surface area (TPSA) is 44.4 Å². The van der Waals surface area contributed by atoms with Crippen LogP contribution in [0, 0.1) is 11.6 Å². The zero-order valence-electron chi connectivity index (χ0n) is 12.6. The zero-order valence-corrected chi connectivity index (χ0v) is 13.4. The second-order valence-electron chi connectivity index (χ2n) is 5.32. The lowest BCUT2D eigenvalue weighted by Gasteiger charge is -2.33. The van der Waals surface area contributed by atoms with Crippen LogP contribution in [-0.4, -0.2) is 49.6 Å². The molecule has 7 heteroatoms. The Balaban J connectivity index is 0.00000242. The number of piperazine rings is 1. The van der Waals surface area contributed by atoms with E-state index in [-0.39, 0.29) is 36.8 Å². The number of hydrogen-bond donors (Lipinski definition) is 2. The Kier molecular flexibility index (Phi) is 7.72. The number of hydrogen-bond acceptors (Lipinski definition) is 3. The molecule has 22 heavy (non-hydrogen) atoms. The minimum absolute atomic E-state index is 0. The van der Waals surface area contributed by atoms with Crippen LogP contribution in [0.4, 0.5) is 8.78 Å². The molecule has 0 spiro atoms. The monoisotopic (exact) mass is 333 g/mol. The number of rotatable bonds is 5. The van der Waals surface area contributed by atoms with Crippen molar-refractivity contribution in [3.05, 3.63) is 35.4 Å². The van der Waals surface area contributed by atoms with Gasteiger partial charge in [-0.15, -0.1) is 12.4 Å². The summed E-state index contributed by atoms with van der Waals surface area (Å²) in [6, 6.07) is 4.10. The van der Waals surface area contributed by atoms with Gasteiger partial charge < -0.3 is 10.6 Å². The molecule has 1 aliphatic rings. The van der Waals surface area contributed by atoms with Gasteiger partial charge in [0.2, 0.25) is 5.91 Å². The second-order valence-corrected chi connectivity index (χ2v) is 5.32. The minimum Gasteiger partial charge on any atom is -0.355 e. The molecule has 1 atom stereocenters. The van der Waals surface area contributed by atoms with E-state index in [0.717, 1.165) is 19.6 Å². The Morgan fingerprint density at radius 2 is 2.09 bits per heavy atom. The first-order chi connectivity index (χ1) is 10.1. The summed E-state index contributed by atoms with van der Waals surface area (Å²) in [6.07, 6.45) is 0.154. The molecule has 0 aliphatic carbocycles. The number of carbonyl (C=O) groups is 1. The highest BCUT2D eigenvalue weighted by molar-refractivity contribution is 5.85. The van der Waals surface area contributed by atoms with Crippen molar-refractivity contribution < 1.29 is 13.6 Å². The van der Waals surface area contributed by atoms with Crippen LogP contribution >= 0.6 is 12.4 Å². The average Bonchev–Trinajstić information content (AvgIpc) is 2.45. The van der Waals surface area contributed by atoms with Crippen molar-refractivity contribution in [3.63, 3.8) is 0 Å². The van der Waals surface area contributed by atoms with Gasteiger partial charge in [-0.1, -0.05) is 6.07 Å². The van der Waals surface area contributed by atoms with Gasteiger partial charge >= 0.3 is 0 Å². The molecule has 1 aromatic carbocycles. The number of halogens is 3. The fourth-order valence-corrected chi connectivity index (χ4v) is 2.46. The van der Waals surface area contributed by atoms with E-state index in [2.05, 4.69) is 22.5 Å². The van der Waals surface area contributed by atoms with Gasteiger partial charge in [0.15, 0.2) is 0 Å². The standard InChI is InChI=1S/C15H21F2N3O.ClH/c1-11-9-18-7-8-20(11)10-15(21)19-6-5-12-13(16)3-2-4-14(12)17;/h2-4,11,18H,5-10H2,1H3,(H,19,21);1H/t11-;/m0./s1. The SMILES string of the molecule is C[C@H]1CNCCN1CC(=O)NCCc1c(F)cccc1F.Cl. The summed E-state index contributed by atoms with van der Waals surface area (Å²) in [7, 11) is 0. The first kappa shape index (κ1) is 18.8. The first-order valence-electron chi connectivity index (χ1n) is 7.22. The largest absolute Gasteiger partial charge is 0.355 e. The van der Waals surface area contributed by atoms with Crippen LogP contribution in [0.2, 0.25) is 0 Å². The van der Waals surface area contributed by atoms with E-state index in [1.807, 2.05) is 0 Å². The molecule has 0 saturated carbocycles. The Morgan fingerprint density at radius 3 is 2.73 bits per heavy atom. The summed E-state index contributed by atoms with van der Waals surface area (Å²) < 4.78 is 26.9. The van der Waals surface area contributed by atoms with Gasteiger partial charge in [0.05, 0.1) is 6.54 Å². The van der Waals surface area contributed by atoms with Crippen molar-refractivity contribution in [2.24, 2.45) is 0 Å². The normalized spacial score (nSPS) is 18.6. The van der Waals surface area contributed by atoms with Crippen molar-refractivity contribution in [3.8, 4) is 0 Å². The van der Waals surface area contributed by atoms with Crippen molar-refractivity contribution in [1.82, 2.24) is 15.5 Å². The highest BCUT2D eigenvalue weighted by atomic mass is 35.5. The molecule has 2 N–H and O–H groups in total. The summed E-state index contributed by atoms with van der Waals surface area (Å²) in [4.78, 5) is 13.9. The molecule has 1 fully saturated rings. The van der Waals surface area contributed by atoms with Gasteiger partial charge in [-0.25, -0.2) is 8.78 Å². The van der Waals surface area contributed by atoms with Gasteiger partial charge in [0.25, 0.3) is 0 Å². The van der Waals surface area contributed by atoms with Crippen molar-refractivity contribution in [2.75, 3.05) is 32.7 Å². The first-order valence-corrected chi connectivity index (χ1v) is 7.22. The number of nitrogens with zero attached hydrogens (tertiary/aromatic N) is 1. The summed E-state index contributed by atoms with van der Waals surface area (Å²) >= 11 is 0. The lowest BCUT2D eigenvalue weighted by atomic mass is 10.1. The molecule has 0 radical (unpaired) electrons. The van der Waals surface area contributed by atoms with Gasteiger partial charge in [0, 0.05) is 37.8 Å². The maximum atomic E-state index is 13.4. The molecule has 2 rings (SSSR count). The van der Waals surface area contributed by atoms with E-state index in [1.54, 1.807) is 0 Å². The maximum absolute atomic E-state index is 13.4. The second kappa shape index (κ2) is 9.02. The van der Waals surface area contributed by atoms with Gasteiger partial charge in [-0.3, -0.25) is 9.69 Å². The van der Waals surface area contributed by atoms with Crippen molar-refractivity contribution in [2.45, 2.75) is 19.4 Å². The van der Waals surface area contributed by atoms with Crippen LogP contribution in [0.5, 0.6) is 0 Å². The third-order valence-electron chi connectivity index (χ3n) is 3.74. The lowest BCUT2D eigenvalue weighted by Crippen LogP contribution is -2.52. The van der Waals surface area contributed by atoms with Crippen LogP contribution in [0.1, 0.15) is 12.5 Å². The molecular formula is C15H22ClF2N3O. The highest BCUT2D eigenvalue weighted by Gasteiger charge is 2.20. The Morgan fingerprint density at radius 1 is 1.41 bits per heavy atom. The molecule has 1 aromatic rings. The molecule has 1 aliphatic heterocycles. The molecule has 124 valence electrons. The number of nitrogens with one attached hydrogen (secondary N) is 2. The summed E-state index contributed by atoms with van der Waals surface area (Å²) in [5.74, 6) is -1.25. The Labute approximate surface area is 135 Å². The van der Waals surface area contributed by atoms with E-state index in [9.17, 15) is 13.6 Å². The van der Waals surface area contributed by atoms with Gasteiger partial charge in [-0.2, -0.15) is 0 Å². The van der Waals surface area contributed by atoms with Crippen LogP contribution in [0.3, 0.4) is 0 Å². The molecule has 0 bridgehead atoms. The fraction of sp³-hybridized carbons (Fsp3) is 0.533. The van der Waals surface area contributed by atoms with Crippen LogP contribution in [0.15, 0.2) is 18.2 Å². The smallest absolute Gasteiger partial charge is 0.234 e. The fourth-order valence-electron chi connectivity index (χ4n) is 2.46. The van der Waals surface area contributed by atoms with E-state index >= 15 is 0 Å². The summed E-state index contributed by atoms with van der Waals surface area (Å²) in [5, 5.41) is 5.98. The van der Waals surface area contributed by atoms with Gasteiger partial charge in [0.1, 0.15) is 11.6 Å². The minimum atomic E-state index is -0.569. The predicted octanol–water partition coefficient (Wildman–Crippen LogP) is 1.34. The number of amides is 1. The molecule has 1 amide bonds. The van der Waals surface area contributed by atoms with E-state index in [0.29, 0.717) is 12.6 Å². The molecular weight excluding hydrogens is 312 g/mol. The molecule has 0 unspecified atom stereocenters. The van der Waals surface area contributed by atoms with Crippen molar-refractivity contribution in [1.29, 1.82) is 0 Å².